The van der Waals surface area contributed by atoms with Crippen LogP contribution in [0, 0.1) is 5.92 Å². The molecule has 3 heteroatoms. The van der Waals surface area contributed by atoms with E-state index in [1.807, 2.05) is 23.1 Å². The second kappa shape index (κ2) is 5.81. The molecule has 1 rings (SSSR count). The summed E-state index contributed by atoms with van der Waals surface area (Å²) in [5.41, 5.74) is 0. The van der Waals surface area contributed by atoms with Gasteiger partial charge in [0.05, 0.1) is 6.54 Å². The van der Waals surface area contributed by atoms with Gasteiger partial charge in [0, 0.05) is 18.4 Å². The van der Waals surface area contributed by atoms with Crippen molar-refractivity contribution in [3.8, 4) is 0 Å². The van der Waals surface area contributed by atoms with Crippen molar-refractivity contribution in [3.63, 3.8) is 0 Å². The zero-order valence-corrected chi connectivity index (χ0v) is 9.40. The summed E-state index contributed by atoms with van der Waals surface area (Å²) in [5.74, 6) is 0.731. The fraction of sp³-hybridized carbons (Fsp3) is 0.727. The molecule has 0 saturated carbocycles. The number of rotatable bonds is 6. The molecule has 1 N–H and O–H groups in total. The first kappa shape index (κ1) is 11.2. The molecule has 0 spiro atoms. The van der Waals surface area contributed by atoms with Crippen LogP contribution in [-0.2, 0) is 6.54 Å². The van der Waals surface area contributed by atoms with Gasteiger partial charge in [-0.05, 0) is 24.9 Å². The maximum absolute atomic E-state index is 4.22. The minimum absolute atomic E-state index is 0.542. The Morgan fingerprint density at radius 2 is 2.21 bits per heavy atom. The summed E-state index contributed by atoms with van der Waals surface area (Å²) < 4.78 is 2.00. The zero-order chi connectivity index (χ0) is 10.4. The molecule has 80 valence electrons. The lowest BCUT2D eigenvalue weighted by atomic mass is 10.0. The summed E-state index contributed by atoms with van der Waals surface area (Å²) in [6.07, 6.45) is 5.05. The van der Waals surface area contributed by atoms with E-state index >= 15 is 0 Å². The van der Waals surface area contributed by atoms with Crippen molar-refractivity contribution >= 4 is 0 Å². The van der Waals surface area contributed by atoms with E-state index in [0.717, 1.165) is 19.0 Å². The lowest BCUT2D eigenvalue weighted by Gasteiger charge is -2.19. The number of nitrogens with zero attached hydrogens (tertiary/aromatic N) is 2. The molecule has 0 radical (unpaired) electrons. The monoisotopic (exact) mass is 195 g/mol. The molecular formula is C11H21N3. The summed E-state index contributed by atoms with van der Waals surface area (Å²) >= 11 is 0. The average molecular weight is 195 g/mol. The van der Waals surface area contributed by atoms with E-state index < -0.39 is 0 Å². The van der Waals surface area contributed by atoms with Gasteiger partial charge in [0.25, 0.3) is 0 Å². The third-order valence-corrected chi connectivity index (χ3v) is 2.22. The first-order valence-electron chi connectivity index (χ1n) is 5.43. The van der Waals surface area contributed by atoms with Gasteiger partial charge >= 0.3 is 0 Å². The molecule has 0 aliphatic carbocycles. The standard InChI is InChI=1S/C11H21N3/c1-4-12-11(8-10(2)3)9-14-7-5-6-13-14/h5-7,10-12H,4,8-9H2,1-3H3. The summed E-state index contributed by atoms with van der Waals surface area (Å²) in [6, 6.07) is 2.51. The predicted molar refractivity (Wildman–Crippen MR) is 59.1 cm³/mol. The Bertz CT molecular complexity index is 229. The summed E-state index contributed by atoms with van der Waals surface area (Å²) in [7, 11) is 0. The molecule has 0 aromatic carbocycles. The highest BCUT2D eigenvalue weighted by molar-refractivity contribution is 4.80. The van der Waals surface area contributed by atoms with Gasteiger partial charge in [-0.15, -0.1) is 0 Å². The van der Waals surface area contributed by atoms with Crippen LogP contribution in [0.15, 0.2) is 18.5 Å². The van der Waals surface area contributed by atoms with E-state index in [-0.39, 0.29) is 0 Å². The molecule has 0 aliphatic heterocycles. The third kappa shape index (κ3) is 3.92. The van der Waals surface area contributed by atoms with Crippen LogP contribution in [0.4, 0.5) is 0 Å². The van der Waals surface area contributed by atoms with E-state index in [1.54, 1.807) is 0 Å². The van der Waals surface area contributed by atoms with Crippen molar-refractivity contribution in [1.29, 1.82) is 0 Å². The van der Waals surface area contributed by atoms with Crippen molar-refractivity contribution in [2.75, 3.05) is 6.54 Å². The first-order chi connectivity index (χ1) is 6.72. The SMILES string of the molecule is CCNC(CC(C)C)Cn1cccn1. The Labute approximate surface area is 86.5 Å². The van der Waals surface area contributed by atoms with Gasteiger partial charge in [-0.3, -0.25) is 4.68 Å². The molecular weight excluding hydrogens is 174 g/mol. The van der Waals surface area contributed by atoms with E-state index in [0.29, 0.717) is 6.04 Å². The van der Waals surface area contributed by atoms with E-state index in [4.69, 9.17) is 0 Å². The largest absolute Gasteiger partial charge is 0.312 e. The fourth-order valence-electron chi connectivity index (χ4n) is 1.71. The molecule has 14 heavy (non-hydrogen) atoms. The number of likely N-dealkylation sites (N-methyl/N-ethyl adjacent to an activating group) is 1. The Kier molecular flexibility index (Phi) is 4.66. The normalized spacial score (nSPS) is 13.4. The average Bonchev–Trinajstić information content (AvgIpc) is 2.56. The molecule has 0 bridgehead atoms. The molecule has 1 atom stereocenters. The highest BCUT2D eigenvalue weighted by Crippen LogP contribution is 2.06. The van der Waals surface area contributed by atoms with Crippen LogP contribution >= 0.6 is 0 Å². The van der Waals surface area contributed by atoms with E-state index in [9.17, 15) is 0 Å². The Hall–Kier alpha value is -0.830. The maximum atomic E-state index is 4.22. The van der Waals surface area contributed by atoms with Crippen LogP contribution in [0.1, 0.15) is 27.2 Å². The van der Waals surface area contributed by atoms with Crippen LogP contribution < -0.4 is 5.32 Å². The van der Waals surface area contributed by atoms with Crippen molar-refractivity contribution in [2.45, 2.75) is 39.8 Å². The molecule has 1 aromatic heterocycles. The van der Waals surface area contributed by atoms with Crippen molar-refractivity contribution < 1.29 is 0 Å². The smallest absolute Gasteiger partial charge is 0.0562 e. The Morgan fingerprint density at radius 3 is 2.71 bits per heavy atom. The second-order valence-electron chi connectivity index (χ2n) is 4.11. The van der Waals surface area contributed by atoms with Gasteiger partial charge in [-0.1, -0.05) is 20.8 Å². The third-order valence-electron chi connectivity index (χ3n) is 2.22. The molecule has 0 saturated heterocycles. The molecule has 1 aromatic rings. The topological polar surface area (TPSA) is 29.9 Å². The van der Waals surface area contributed by atoms with Gasteiger partial charge in [0.1, 0.15) is 0 Å². The molecule has 0 amide bonds. The predicted octanol–water partition coefficient (Wildman–Crippen LogP) is 1.91. The molecule has 3 nitrogen and oxygen atoms in total. The van der Waals surface area contributed by atoms with Crippen molar-refractivity contribution in [2.24, 2.45) is 5.92 Å². The molecule has 0 fully saturated rings. The molecule has 0 aliphatic rings. The lowest BCUT2D eigenvalue weighted by Crippen LogP contribution is -2.34. The van der Waals surface area contributed by atoms with E-state index in [1.165, 1.54) is 6.42 Å². The second-order valence-corrected chi connectivity index (χ2v) is 4.11. The number of hydrogen-bond donors (Lipinski definition) is 1. The van der Waals surface area contributed by atoms with Crippen molar-refractivity contribution in [1.82, 2.24) is 15.1 Å². The number of aromatic nitrogens is 2. The van der Waals surface area contributed by atoms with Crippen LogP contribution in [0.3, 0.4) is 0 Å². The zero-order valence-electron chi connectivity index (χ0n) is 9.40. The van der Waals surface area contributed by atoms with Gasteiger partial charge in [-0.25, -0.2) is 0 Å². The van der Waals surface area contributed by atoms with Crippen LogP contribution in [-0.4, -0.2) is 22.4 Å². The molecule has 1 heterocycles. The minimum Gasteiger partial charge on any atom is -0.312 e. The maximum Gasteiger partial charge on any atom is 0.0562 e. The van der Waals surface area contributed by atoms with Crippen LogP contribution in [0.5, 0.6) is 0 Å². The quantitative estimate of drug-likeness (QED) is 0.751. The van der Waals surface area contributed by atoms with Gasteiger partial charge < -0.3 is 5.32 Å². The summed E-state index contributed by atoms with van der Waals surface area (Å²) in [4.78, 5) is 0. The van der Waals surface area contributed by atoms with Gasteiger partial charge in [0.2, 0.25) is 0 Å². The summed E-state index contributed by atoms with van der Waals surface area (Å²) in [5, 5.41) is 7.71. The Morgan fingerprint density at radius 1 is 1.43 bits per heavy atom. The Balaban J connectivity index is 2.42. The fourth-order valence-corrected chi connectivity index (χ4v) is 1.71. The van der Waals surface area contributed by atoms with E-state index in [2.05, 4.69) is 31.2 Å². The summed E-state index contributed by atoms with van der Waals surface area (Å²) in [6.45, 7) is 8.66. The van der Waals surface area contributed by atoms with Gasteiger partial charge in [0.15, 0.2) is 0 Å². The minimum atomic E-state index is 0.542. The van der Waals surface area contributed by atoms with Crippen LogP contribution in [0.25, 0.3) is 0 Å². The highest BCUT2D eigenvalue weighted by Gasteiger charge is 2.09. The van der Waals surface area contributed by atoms with Crippen molar-refractivity contribution in [3.05, 3.63) is 18.5 Å². The lowest BCUT2D eigenvalue weighted by molar-refractivity contribution is 0.370. The van der Waals surface area contributed by atoms with Gasteiger partial charge in [-0.2, -0.15) is 5.10 Å². The highest BCUT2D eigenvalue weighted by atomic mass is 15.3. The molecule has 1 unspecified atom stereocenters. The van der Waals surface area contributed by atoms with Crippen LogP contribution in [0.2, 0.25) is 0 Å². The number of nitrogens with one attached hydrogen (secondary N) is 1. The number of hydrogen-bond acceptors (Lipinski definition) is 2. The first-order valence-corrected chi connectivity index (χ1v) is 5.43.